The highest BCUT2D eigenvalue weighted by molar-refractivity contribution is 5.56. The highest BCUT2D eigenvalue weighted by Gasteiger charge is 2.34. The van der Waals surface area contributed by atoms with Gasteiger partial charge < -0.3 is 5.32 Å². The predicted molar refractivity (Wildman–Crippen MR) is 88.0 cm³/mol. The first-order valence-electron chi connectivity index (χ1n) is 8.41. The predicted octanol–water partition coefficient (Wildman–Crippen LogP) is 5.02. The van der Waals surface area contributed by atoms with Crippen molar-refractivity contribution in [1.29, 1.82) is 0 Å². The normalized spacial score (nSPS) is 16.5. The summed E-state index contributed by atoms with van der Waals surface area (Å²) < 4.78 is 0. The van der Waals surface area contributed by atoms with Gasteiger partial charge in [0.15, 0.2) is 0 Å². The Morgan fingerprint density at radius 3 is 2.25 bits per heavy atom. The Hall–Kier alpha value is -1.02. The molecule has 1 aromatic carbocycles. The van der Waals surface area contributed by atoms with Gasteiger partial charge in [0.2, 0.25) is 0 Å². The third-order valence-electron chi connectivity index (χ3n) is 4.56. The molecule has 0 atom stereocenters. The van der Waals surface area contributed by atoms with Crippen molar-refractivity contribution in [1.82, 2.24) is 5.32 Å². The molecular formula is C18H30N2. The van der Waals surface area contributed by atoms with Crippen molar-refractivity contribution < 1.29 is 0 Å². The lowest BCUT2D eigenvalue weighted by molar-refractivity contribution is 0.267. The summed E-state index contributed by atoms with van der Waals surface area (Å²) in [5.41, 5.74) is 3.02. The second-order valence-corrected chi connectivity index (χ2v) is 6.07. The lowest BCUT2D eigenvalue weighted by Crippen LogP contribution is -2.48. The third-order valence-corrected chi connectivity index (χ3v) is 4.56. The van der Waals surface area contributed by atoms with Gasteiger partial charge in [0.05, 0.1) is 6.67 Å². The summed E-state index contributed by atoms with van der Waals surface area (Å²) in [5, 5.41) is 7.28. The smallest absolute Gasteiger partial charge is 0.0660 e. The van der Waals surface area contributed by atoms with E-state index >= 15 is 0 Å². The van der Waals surface area contributed by atoms with E-state index in [0.717, 1.165) is 6.67 Å². The SMILES string of the molecule is CCCCCC1(CCCCC)NCNc2ccccc21. The van der Waals surface area contributed by atoms with Gasteiger partial charge in [-0.2, -0.15) is 0 Å². The fourth-order valence-corrected chi connectivity index (χ4v) is 3.38. The van der Waals surface area contributed by atoms with E-state index in [4.69, 9.17) is 0 Å². The van der Waals surface area contributed by atoms with Gasteiger partial charge in [-0.25, -0.2) is 0 Å². The maximum atomic E-state index is 3.80. The van der Waals surface area contributed by atoms with Gasteiger partial charge >= 0.3 is 0 Å². The molecular weight excluding hydrogens is 244 g/mol. The Balaban J connectivity index is 2.17. The van der Waals surface area contributed by atoms with Gasteiger partial charge in [-0.05, 0) is 24.5 Å². The molecule has 0 unspecified atom stereocenters. The first-order chi connectivity index (χ1) is 9.82. The number of anilines is 1. The molecule has 20 heavy (non-hydrogen) atoms. The zero-order valence-electron chi connectivity index (χ0n) is 13.2. The van der Waals surface area contributed by atoms with Crippen molar-refractivity contribution in [2.75, 3.05) is 12.0 Å². The van der Waals surface area contributed by atoms with Gasteiger partial charge in [-0.1, -0.05) is 70.6 Å². The molecule has 1 heterocycles. The standard InChI is InChI=1S/C18H30N2/c1-3-5-9-13-18(14-10-6-4-2)16-11-7-8-12-17(16)19-15-20-18/h7-8,11-12,19-20H,3-6,9-10,13-15H2,1-2H3. The molecule has 0 aliphatic carbocycles. The average molecular weight is 274 g/mol. The quantitative estimate of drug-likeness (QED) is 0.651. The minimum Gasteiger partial charge on any atom is -0.372 e. The van der Waals surface area contributed by atoms with Crippen LogP contribution in [0.4, 0.5) is 5.69 Å². The van der Waals surface area contributed by atoms with Crippen molar-refractivity contribution in [3.05, 3.63) is 29.8 Å². The van der Waals surface area contributed by atoms with Gasteiger partial charge in [-0.15, -0.1) is 0 Å². The first kappa shape index (κ1) is 15.4. The summed E-state index contributed by atoms with van der Waals surface area (Å²) in [4.78, 5) is 0. The van der Waals surface area contributed by atoms with E-state index in [2.05, 4.69) is 48.7 Å². The van der Waals surface area contributed by atoms with Crippen molar-refractivity contribution in [3.63, 3.8) is 0 Å². The van der Waals surface area contributed by atoms with E-state index in [-0.39, 0.29) is 5.54 Å². The van der Waals surface area contributed by atoms with E-state index in [9.17, 15) is 0 Å². The van der Waals surface area contributed by atoms with Gasteiger partial charge in [0.1, 0.15) is 0 Å². The Labute approximate surface area is 124 Å². The number of hydrogen-bond acceptors (Lipinski definition) is 2. The number of para-hydroxylation sites is 1. The molecule has 0 saturated carbocycles. The zero-order valence-corrected chi connectivity index (χ0v) is 13.2. The van der Waals surface area contributed by atoms with Crippen LogP contribution in [-0.4, -0.2) is 6.67 Å². The summed E-state index contributed by atoms with van der Waals surface area (Å²) in [5.74, 6) is 0. The molecule has 0 spiro atoms. The molecule has 0 aromatic heterocycles. The molecule has 0 saturated heterocycles. The van der Waals surface area contributed by atoms with Crippen molar-refractivity contribution >= 4 is 5.69 Å². The summed E-state index contributed by atoms with van der Waals surface area (Å²) in [6.07, 6.45) is 10.5. The van der Waals surface area contributed by atoms with Crippen LogP contribution in [0.2, 0.25) is 0 Å². The van der Waals surface area contributed by atoms with Crippen LogP contribution < -0.4 is 10.6 Å². The van der Waals surface area contributed by atoms with E-state index < -0.39 is 0 Å². The van der Waals surface area contributed by atoms with Crippen LogP contribution >= 0.6 is 0 Å². The number of unbranched alkanes of at least 4 members (excludes halogenated alkanes) is 4. The third kappa shape index (κ3) is 3.54. The number of fused-ring (bicyclic) bond motifs is 1. The maximum absolute atomic E-state index is 3.80. The molecule has 2 heteroatoms. The van der Waals surface area contributed by atoms with E-state index in [1.54, 1.807) is 0 Å². The van der Waals surface area contributed by atoms with Crippen LogP contribution in [0.3, 0.4) is 0 Å². The van der Waals surface area contributed by atoms with Crippen LogP contribution in [0, 0.1) is 0 Å². The Kier molecular flexibility index (Phi) is 5.90. The number of rotatable bonds is 8. The topological polar surface area (TPSA) is 24.1 Å². The molecule has 2 nitrogen and oxygen atoms in total. The minimum atomic E-state index is 0.201. The molecule has 0 fully saturated rings. The molecule has 2 rings (SSSR count). The van der Waals surface area contributed by atoms with Crippen molar-refractivity contribution in [2.24, 2.45) is 0 Å². The van der Waals surface area contributed by atoms with Crippen LogP contribution in [-0.2, 0) is 5.54 Å². The molecule has 112 valence electrons. The summed E-state index contributed by atoms with van der Waals surface area (Å²) >= 11 is 0. The van der Waals surface area contributed by atoms with Crippen LogP contribution in [0.15, 0.2) is 24.3 Å². The molecule has 0 radical (unpaired) electrons. The fourth-order valence-electron chi connectivity index (χ4n) is 3.38. The summed E-state index contributed by atoms with van der Waals surface area (Å²) in [6, 6.07) is 8.86. The zero-order chi connectivity index (χ0) is 14.3. The lowest BCUT2D eigenvalue weighted by atomic mass is 9.78. The van der Waals surface area contributed by atoms with Crippen LogP contribution in [0.25, 0.3) is 0 Å². The Morgan fingerprint density at radius 2 is 1.60 bits per heavy atom. The molecule has 0 amide bonds. The maximum Gasteiger partial charge on any atom is 0.0660 e. The van der Waals surface area contributed by atoms with Gasteiger partial charge in [-0.3, -0.25) is 5.32 Å². The number of nitrogens with one attached hydrogen (secondary N) is 2. The summed E-state index contributed by atoms with van der Waals surface area (Å²) in [6.45, 7) is 5.47. The average Bonchev–Trinajstić information content (AvgIpc) is 2.48. The van der Waals surface area contributed by atoms with Gasteiger partial charge in [0.25, 0.3) is 0 Å². The van der Waals surface area contributed by atoms with E-state index in [0.29, 0.717) is 0 Å². The monoisotopic (exact) mass is 274 g/mol. The van der Waals surface area contributed by atoms with Crippen LogP contribution in [0.1, 0.15) is 70.8 Å². The molecule has 0 bridgehead atoms. The highest BCUT2D eigenvalue weighted by Crippen LogP contribution is 2.39. The Bertz CT molecular complexity index is 390. The molecule has 1 aliphatic rings. The van der Waals surface area contributed by atoms with Crippen LogP contribution in [0.5, 0.6) is 0 Å². The van der Waals surface area contributed by atoms with Gasteiger partial charge in [0, 0.05) is 11.2 Å². The summed E-state index contributed by atoms with van der Waals surface area (Å²) in [7, 11) is 0. The highest BCUT2D eigenvalue weighted by atomic mass is 15.1. The van der Waals surface area contributed by atoms with E-state index in [1.165, 1.54) is 62.6 Å². The molecule has 1 aliphatic heterocycles. The van der Waals surface area contributed by atoms with E-state index in [1.807, 2.05) is 0 Å². The Morgan fingerprint density at radius 1 is 0.950 bits per heavy atom. The second kappa shape index (κ2) is 7.68. The van der Waals surface area contributed by atoms with Crippen molar-refractivity contribution in [3.8, 4) is 0 Å². The fraction of sp³-hybridized carbons (Fsp3) is 0.667. The molecule has 2 N–H and O–H groups in total. The largest absolute Gasteiger partial charge is 0.372 e. The molecule has 1 aromatic rings. The minimum absolute atomic E-state index is 0.201. The number of benzene rings is 1. The first-order valence-corrected chi connectivity index (χ1v) is 8.41. The lowest BCUT2D eigenvalue weighted by Gasteiger charge is -2.41. The van der Waals surface area contributed by atoms with Crippen molar-refractivity contribution in [2.45, 2.75) is 70.8 Å². The second-order valence-electron chi connectivity index (χ2n) is 6.07. The number of hydrogen-bond donors (Lipinski definition) is 2.